The van der Waals surface area contributed by atoms with Gasteiger partial charge in [0.05, 0.1) is 12.1 Å². The molecule has 1 aliphatic heterocycles. The Morgan fingerprint density at radius 1 is 1.39 bits per heavy atom. The summed E-state index contributed by atoms with van der Waals surface area (Å²) in [6, 6.07) is 1.80. The first-order valence-electron chi connectivity index (χ1n) is 7.88. The quantitative estimate of drug-likeness (QED) is 0.845. The van der Waals surface area contributed by atoms with Gasteiger partial charge in [0.15, 0.2) is 0 Å². The highest BCUT2D eigenvalue weighted by Gasteiger charge is 2.29. The number of piperidine rings is 1. The molecule has 0 spiro atoms. The van der Waals surface area contributed by atoms with Crippen LogP contribution < -0.4 is 4.90 Å². The van der Waals surface area contributed by atoms with Gasteiger partial charge in [-0.15, -0.1) is 0 Å². The summed E-state index contributed by atoms with van der Waals surface area (Å²) in [4.78, 5) is 25.2. The monoisotopic (exact) mass is 314 g/mol. The van der Waals surface area contributed by atoms with E-state index in [1.54, 1.807) is 34.2 Å². The predicted molar refractivity (Wildman–Crippen MR) is 86.7 cm³/mol. The molecule has 1 saturated heterocycles. The van der Waals surface area contributed by atoms with E-state index in [0.717, 1.165) is 24.9 Å². The molecule has 23 heavy (non-hydrogen) atoms. The summed E-state index contributed by atoms with van der Waals surface area (Å²) < 4.78 is 1.75. The van der Waals surface area contributed by atoms with Gasteiger partial charge in [-0.25, -0.2) is 9.97 Å². The maximum Gasteiger partial charge on any atom is 0.227 e. The molecule has 1 atom stereocenters. The lowest BCUT2D eigenvalue weighted by molar-refractivity contribution is -0.135. The first-order chi connectivity index (χ1) is 11.1. The number of amides is 1. The van der Waals surface area contributed by atoms with E-state index >= 15 is 0 Å². The van der Waals surface area contributed by atoms with E-state index in [-0.39, 0.29) is 11.8 Å². The fourth-order valence-electron chi connectivity index (χ4n) is 3.03. The van der Waals surface area contributed by atoms with E-state index < -0.39 is 0 Å². The molecule has 0 unspecified atom stereocenters. The number of aryl methyl sites for hydroxylation is 1. The second-order valence-electron chi connectivity index (χ2n) is 6.05. The average Bonchev–Trinajstić information content (AvgIpc) is 3.00. The Hall–Kier alpha value is -2.44. The van der Waals surface area contributed by atoms with Gasteiger partial charge in [-0.05, 0) is 18.9 Å². The van der Waals surface area contributed by atoms with Gasteiger partial charge in [-0.1, -0.05) is 0 Å². The molecule has 3 rings (SSSR count). The Morgan fingerprint density at radius 2 is 2.17 bits per heavy atom. The lowest BCUT2D eigenvalue weighted by Gasteiger charge is -2.33. The first-order valence-corrected chi connectivity index (χ1v) is 7.88. The molecule has 1 aliphatic rings. The molecule has 7 heteroatoms. The van der Waals surface area contributed by atoms with Gasteiger partial charge >= 0.3 is 0 Å². The number of nitrogens with zero attached hydrogens (tertiary/aromatic N) is 6. The van der Waals surface area contributed by atoms with E-state index in [4.69, 9.17) is 0 Å². The molecule has 1 amide bonds. The van der Waals surface area contributed by atoms with Crippen molar-refractivity contribution in [1.82, 2.24) is 24.6 Å². The summed E-state index contributed by atoms with van der Waals surface area (Å²) in [6.45, 7) is 2.17. The highest BCUT2D eigenvalue weighted by molar-refractivity contribution is 5.79. The van der Waals surface area contributed by atoms with Gasteiger partial charge in [0.25, 0.3) is 0 Å². The van der Waals surface area contributed by atoms with Crippen molar-refractivity contribution in [2.24, 2.45) is 13.0 Å². The fourth-order valence-corrected chi connectivity index (χ4v) is 3.03. The maximum atomic E-state index is 12.7. The second kappa shape index (κ2) is 6.76. The Morgan fingerprint density at radius 3 is 2.87 bits per heavy atom. The van der Waals surface area contributed by atoms with E-state index in [1.165, 1.54) is 0 Å². The third-order valence-corrected chi connectivity index (χ3v) is 4.16. The number of rotatable bonds is 4. The zero-order chi connectivity index (χ0) is 16.2. The predicted octanol–water partition coefficient (Wildman–Crippen LogP) is 1.09. The molecule has 0 radical (unpaired) electrons. The standard InChI is InChI=1S/C16H22N6O/c1-20(10-13-9-19-21(2)11-13)15(23)14-5-3-8-22(12-14)16-17-6-4-7-18-16/h4,6-7,9,11,14H,3,5,8,10,12H2,1-2H3/t14-/m1/s1. The maximum absolute atomic E-state index is 12.7. The zero-order valence-electron chi connectivity index (χ0n) is 13.6. The molecule has 2 aromatic rings. The van der Waals surface area contributed by atoms with Crippen LogP contribution in [0.2, 0.25) is 0 Å². The van der Waals surface area contributed by atoms with Gasteiger partial charge in [0.2, 0.25) is 11.9 Å². The summed E-state index contributed by atoms with van der Waals surface area (Å²) in [5.41, 5.74) is 1.04. The number of aromatic nitrogens is 4. The van der Waals surface area contributed by atoms with Crippen LogP contribution in [0.1, 0.15) is 18.4 Å². The van der Waals surface area contributed by atoms with Gasteiger partial charge in [-0.3, -0.25) is 9.48 Å². The van der Waals surface area contributed by atoms with E-state index in [1.807, 2.05) is 20.3 Å². The molecule has 122 valence electrons. The summed E-state index contributed by atoms with van der Waals surface area (Å²) in [5.74, 6) is 0.878. The van der Waals surface area contributed by atoms with Crippen molar-refractivity contribution in [3.63, 3.8) is 0 Å². The number of hydrogen-bond donors (Lipinski definition) is 0. The van der Waals surface area contributed by atoms with Crippen molar-refractivity contribution in [1.29, 1.82) is 0 Å². The van der Waals surface area contributed by atoms with Crippen LogP contribution in [0.4, 0.5) is 5.95 Å². The molecule has 1 fully saturated rings. The van der Waals surface area contributed by atoms with Crippen molar-refractivity contribution in [2.45, 2.75) is 19.4 Å². The first kappa shape index (κ1) is 15.5. The molecule has 0 bridgehead atoms. The SMILES string of the molecule is CN(Cc1cnn(C)c1)C(=O)[C@@H]1CCCN(c2ncccn2)C1. The Kier molecular flexibility index (Phi) is 4.55. The second-order valence-corrected chi connectivity index (χ2v) is 6.05. The number of carbonyl (C=O) groups is 1. The zero-order valence-corrected chi connectivity index (χ0v) is 13.6. The van der Waals surface area contributed by atoms with Crippen LogP contribution in [0.3, 0.4) is 0 Å². The molecule has 0 N–H and O–H groups in total. The van der Waals surface area contributed by atoms with Gasteiger partial charge in [-0.2, -0.15) is 5.10 Å². The number of anilines is 1. The van der Waals surface area contributed by atoms with Crippen LogP contribution in [-0.4, -0.2) is 50.7 Å². The minimum atomic E-state index is -0.00534. The third-order valence-electron chi connectivity index (χ3n) is 4.16. The molecule has 0 aliphatic carbocycles. The normalized spacial score (nSPS) is 18.0. The van der Waals surface area contributed by atoms with Gasteiger partial charge in [0.1, 0.15) is 0 Å². The topological polar surface area (TPSA) is 67.2 Å². The van der Waals surface area contributed by atoms with Gasteiger partial charge in [0, 0.05) is 57.9 Å². The Bertz CT molecular complexity index is 656. The van der Waals surface area contributed by atoms with Crippen LogP contribution in [-0.2, 0) is 18.4 Å². The van der Waals surface area contributed by atoms with Crippen LogP contribution in [0, 0.1) is 5.92 Å². The van der Waals surface area contributed by atoms with Crippen LogP contribution in [0.15, 0.2) is 30.9 Å². The third kappa shape index (κ3) is 3.67. The van der Waals surface area contributed by atoms with E-state index in [9.17, 15) is 4.79 Å². The van der Waals surface area contributed by atoms with Gasteiger partial charge < -0.3 is 9.80 Å². The lowest BCUT2D eigenvalue weighted by atomic mass is 9.96. The van der Waals surface area contributed by atoms with Crippen molar-refractivity contribution in [3.8, 4) is 0 Å². The summed E-state index contributed by atoms with van der Waals surface area (Å²) >= 11 is 0. The fraction of sp³-hybridized carbons (Fsp3) is 0.500. The van der Waals surface area contributed by atoms with E-state index in [0.29, 0.717) is 19.0 Å². The molecular weight excluding hydrogens is 292 g/mol. The lowest BCUT2D eigenvalue weighted by Crippen LogP contribution is -2.44. The summed E-state index contributed by atoms with van der Waals surface area (Å²) in [6.07, 6.45) is 9.11. The molecule has 3 heterocycles. The van der Waals surface area contributed by atoms with Crippen molar-refractivity contribution >= 4 is 11.9 Å². The van der Waals surface area contributed by atoms with Crippen molar-refractivity contribution in [3.05, 3.63) is 36.4 Å². The molecular formula is C16H22N6O. The Labute approximate surface area is 135 Å². The van der Waals surface area contributed by atoms with Crippen molar-refractivity contribution in [2.75, 3.05) is 25.0 Å². The van der Waals surface area contributed by atoms with Crippen LogP contribution in [0.25, 0.3) is 0 Å². The summed E-state index contributed by atoms with van der Waals surface area (Å²) in [7, 11) is 3.73. The minimum absolute atomic E-state index is 0.00534. The van der Waals surface area contributed by atoms with Crippen LogP contribution in [0.5, 0.6) is 0 Å². The molecule has 2 aromatic heterocycles. The van der Waals surface area contributed by atoms with Crippen molar-refractivity contribution < 1.29 is 4.79 Å². The number of hydrogen-bond acceptors (Lipinski definition) is 5. The molecule has 0 aromatic carbocycles. The highest BCUT2D eigenvalue weighted by atomic mass is 16.2. The highest BCUT2D eigenvalue weighted by Crippen LogP contribution is 2.22. The summed E-state index contributed by atoms with van der Waals surface area (Å²) in [5, 5.41) is 4.15. The Balaban J connectivity index is 1.62. The molecule has 7 nitrogen and oxygen atoms in total. The molecule has 0 saturated carbocycles. The minimum Gasteiger partial charge on any atom is -0.341 e. The number of carbonyl (C=O) groups excluding carboxylic acids is 1. The average molecular weight is 314 g/mol. The van der Waals surface area contributed by atoms with E-state index in [2.05, 4.69) is 20.0 Å². The smallest absolute Gasteiger partial charge is 0.227 e. The largest absolute Gasteiger partial charge is 0.341 e. The van der Waals surface area contributed by atoms with Crippen LogP contribution >= 0.6 is 0 Å².